The van der Waals surface area contributed by atoms with Crippen LogP contribution < -0.4 is 0 Å². The quantitative estimate of drug-likeness (QED) is 0.127. The van der Waals surface area contributed by atoms with Crippen molar-refractivity contribution < 1.29 is 54.7 Å². The molecule has 7 rings (SSSR count). The van der Waals surface area contributed by atoms with Crippen molar-refractivity contribution in [2.45, 2.75) is 199 Å². The third-order valence-electron chi connectivity index (χ3n) is 17.4. The molecule has 7 fully saturated rings. The molecule has 0 aromatic heterocycles. The molecule has 0 radical (unpaired) electrons. The Morgan fingerprint density at radius 3 is 2.21 bits per heavy atom. The van der Waals surface area contributed by atoms with E-state index in [2.05, 4.69) is 61.1 Å². The molecule has 5 saturated carbocycles. The molecule has 1 spiro atoms. The maximum absolute atomic E-state index is 12.3. The Labute approximate surface area is 334 Å². The average Bonchev–Trinajstić information content (AvgIpc) is 3.60. The van der Waals surface area contributed by atoms with Crippen LogP contribution in [0.2, 0.25) is 0 Å². The molecular formula is C45H74O11. The van der Waals surface area contributed by atoms with Gasteiger partial charge in [-0.2, -0.15) is 0 Å². The van der Waals surface area contributed by atoms with E-state index in [1.165, 1.54) is 18.1 Å². The third kappa shape index (κ3) is 6.55. The van der Waals surface area contributed by atoms with Crippen LogP contribution >= 0.6 is 0 Å². The molecule has 320 valence electrons. The Bertz CT molecular complexity index is 1510. The van der Waals surface area contributed by atoms with Crippen LogP contribution in [0.15, 0.2) is 23.8 Å². The molecule has 2 aliphatic heterocycles. The van der Waals surface area contributed by atoms with Gasteiger partial charge in [-0.05, 0) is 131 Å². The number of rotatable bonds is 9. The molecule has 0 amide bonds. The number of ether oxygens (including phenoxy) is 4. The van der Waals surface area contributed by atoms with Gasteiger partial charge < -0.3 is 54.7 Å². The molecule has 11 nitrogen and oxygen atoms in total. The molecule has 2 saturated heterocycles. The van der Waals surface area contributed by atoms with Crippen LogP contribution in [-0.4, -0.2) is 115 Å². The summed E-state index contributed by atoms with van der Waals surface area (Å²) in [5.74, 6) is -1.97. The Morgan fingerprint density at radius 1 is 0.929 bits per heavy atom. The number of allylic oxidation sites excluding steroid dienone is 3. The van der Waals surface area contributed by atoms with Gasteiger partial charge in [-0.15, -0.1) is 0 Å². The van der Waals surface area contributed by atoms with E-state index < -0.39 is 90.6 Å². The fraction of sp³-hybridized carbons (Fsp3) is 0.911. The number of hydrogen-bond acceptors (Lipinski definition) is 11. The lowest BCUT2D eigenvalue weighted by Crippen LogP contribution is -2.70. The van der Waals surface area contributed by atoms with Gasteiger partial charge in [0.25, 0.3) is 0 Å². The fourth-order valence-electron chi connectivity index (χ4n) is 14.3. The summed E-state index contributed by atoms with van der Waals surface area (Å²) in [6.45, 7) is 22.9. The highest BCUT2D eigenvalue weighted by molar-refractivity contribution is 5.24. The Morgan fingerprint density at radius 2 is 1.61 bits per heavy atom. The van der Waals surface area contributed by atoms with Gasteiger partial charge in [0.2, 0.25) is 0 Å². The van der Waals surface area contributed by atoms with Crippen molar-refractivity contribution >= 4 is 0 Å². The molecule has 5 aliphatic carbocycles. The highest BCUT2D eigenvalue weighted by Crippen LogP contribution is 2.76. The first kappa shape index (κ1) is 43.1. The molecular weight excluding hydrogens is 716 g/mol. The van der Waals surface area contributed by atoms with Crippen LogP contribution in [0.3, 0.4) is 0 Å². The van der Waals surface area contributed by atoms with Crippen molar-refractivity contribution in [2.75, 3.05) is 6.61 Å². The maximum atomic E-state index is 12.3. The monoisotopic (exact) mass is 791 g/mol. The maximum Gasteiger partial charge on any atom is 0.198 e. The van der Waals surface area contributed by atoms with Crippen molar-refractivity contribution in [3.8, 4) is 0 Å². The van der Waals surface area contributed by atoms with Gasteiger partial charge in [0.1, 0.15) is 24.4 Å². The molecule has 0 aromatic rings. The van der Waals surface area contributed by atoms with Crippen molar-refractivity contribution in [2.24, 2.45) is 51.2 Å². The summed E-state index contributed by atoms with van der Waals surface area (Å²) in [5, 5.41) is 79.0. The summed E-state index contributed by atoms with van der Waals surface area (Å²) < 4.78 is 26.9. The van der Waals surface area contributed by atoms with Gasteiger partial charge in [-0.3, -0.25) is 0 Å². The lowest BCUT2D eigenvalue weighted by molar-refractivity contribution is -0.359. The molecule has 0 aromatic carbocycles. The number of aliphatic hydroxyl groups excluding tert-OH is 7. The number of aliphatic hydroxyl groups is 7. The first-order valence-electron chi connectivity index (χ1n) is 21.7. The lowest BCUT2D eigenvalue weighted by Gasteiger charge is -2.72. The summed E-state index contributed by atoms with van der Waals surface area (Å²) in [6, 6.07) is 0. The summed E-state index contributed by atoms with van der Waals surface area (Å²) in [5.41, 5.74) is -0.283. The van der Waals surface area contributed by atoms with Crippen molar-refractivity contribution in [3.63, 3.8) is 0 Å². The molecule has 56 heavy (non-hydrogen) atoms. The van der Waals surface area contributed by atoms with E-state index in [0.29, 0.717) is 19.3 Å². The van der Waals surface area contributed by atoms with E-state index in [0.717, 1.165) is 32.1 Å². The van der Waals surface area contributed by atoms with Crippen molar-refractivity contribution in [3.05, 3.63) is 23.8 Å². The van der Waals surface area contributed by atoms with Crippen LogP contribution in [0.25, 0.3) is 0 Å². The van der Waals surface area contributed by atoms with E-state index in [1.54, 1.807) is 6.92 Å². The van der Waals surface area contributed by atoms with Crippen molar-refractivity contribution in [1.82, 2.24) is 0 Å². The second-order valence-corrected chi connectivity index (χ2v) is 21.4. The van der Waals surface area contributed by atoms with Gasteiger partial charge in [0.05, 0.1) is 42.7 Å². The number of fused-ring (bicyclic) bond motifs is 6. The normalized spacial score (nSPS) is 53.1. The van der Waals surface area contributed by atoms with E-state index in [1.807, 2.05) is 0 Å². The van der Waals surface area contributed by atoms with Gasteiger partial charge in [0.15, 0.2) is 12.1 Å². The van der Waals surface area contributed by atoms with Gasteiger partial charge in [-0.1, -0.05) is 58.4 Å². The zero-order valence-electron chi connectivity index (χ0n) is 35.5. The van der Waals surface area contributed by atoms with Gasteiger partial charge >= 0.3 is 0 Å². The lowest BCUT2D eigenvalue weighted by atomic mass is 9.34. The van der Waals surface area contributed by atoms with E-state index in [4.69, 9.17) is 18.9 Å². The first-order chi connectivity index (χ1) is 26.0. The average molecular weight is 791 g/mol. The molecule has 7 aliphatic rings. The van der Waals surface area contributed by atoms with Crippen LogP contribution in [-0.2, 0) is 18.9 Å². The summed E-state index contributed by atoms with van der Waals surface area (Å²) >= 11 is 0. The van der Waals surface area contributed by atoms with E-state index >= 15 is 0 Å². The molecule has 2 heterocycles. The number of hydrogen-bond donors (Lipinski definition) is 7. The van der Waals surface area contributed by atoms with Crippen LogP contribution in [0.4, 0.5) is 0 Å². The third-order valence-corrected chi connectivity index (χ3v) is 17.4. The zero-order chi connectivity index (χ0) is 41.1. The standard InChI is InChI=1S/C45H74O11/c1-23(2)12-11-13-24(3)26-14-17-42(8)34(26)28(48)18-31-41(7)16-15-32(49)40(5,6)37(41)29(20-43(31,42)9)53-39-36-27(35(51)30(22-46)54-39)19-44(10,38(52)25(4)47)56-45(55-36)21-33(45)50/h12,25-39,46-52H,3,11,13-22H2,1-2,4-10H3/t25-,26?,27?,28-,29+,30?,31?,32+,33?,34?,35+,36?,37?,38+,39-,41-,42-,43-,44-,45?/m1/s1. The SMILES string of the molecule is C=C(CCC=C(C)C)C1CC[C@]2(C)C1[C@H](O)CC1[C@@]3(C)CC[C@H](O)C(C)(C)C3[C@@H](O[C@@H]3OC(CO)[C@@H](O)C4C[C@](C)([C@@H](O)[C@@H](C)O)OC5(CC5O)OC43)C[C@]12C. The minimum atomic E-state index is -1.49. The Hall–Kier alpha value is -0.960. The van der Waals surface area contributed by atoms with Gasteiger partial charge in [0, 0.05) is 12.3 Å². The summed E-state index contributed by atoms with van der Waals surface area (Å²) in [6.07, 6.45) is -0.318. The first-order valence-corrected chi connectivity index (χ1v) is 21.7. The zero-order valence-corrected chi connectivity index (χ0v) is 35.5. The smallest absolute Gasteiger partial charge is 0.198 e. The molecule has 9 unspecified atom stereocenters. The molecule has 0 bridgehead atoms. The molecule has 20 atom stereocenters. The molecule has 7 N–H and O–H groups in total. The van der Waals surface area contributed by atoms with Crippen LogP contribution in [0, 0.1) is 51.2 Å². The highest BCUT2D eigenvalue weighted by atomic mass is 16.8. The van der Waals surface area contributed by atoms with Crippen LogP contribution in [0.1, 0.15) is 127 Å². The van der Waals surface area contributed by atoms with E-state index in [9.17, 15) is 35.7 Å². The Kier molecular flexibility index (Phi) is 11.2. The predicted octanol–water partition coefficient (Wildman–Crippen LogP) is 4.76. The highest BCUT2D eigenvalue weighted by Gasteiger charge is 2.73. The van der Waals surface area contributed by atoms with E-state index in [-0.39, 0.29) is 52.8 Å². The van der Waals surface area contributed by atoms with Gasteiger partial charge in [-0.25, -0.2) is 0 Å². The Balaban J connectivity index is 1.27. The second-order valence-electron chi connectivity index (χ2n) is 21.4. The van der Waals surface area contributed by atoms with Crippen molar-refractivity contribution in [1.29, 1.82) is 0 Å². The van der Waals surface area contributed by atoms with Crippen LogP contribution in [0.5, 0.6) is 0 Å². The predicted molar refractivity (Wildman–Crippen MR) is 210 cm³/mol. The fourth-order valence-corrected chi connectivity index (χ4v) is 14.3. The summed E-state index contributed by atoms with van der Waals surface area (Å²) in [4.78, 5) is 0. The molecule has 11 heteroatoms. The largest absolute Gasteiger partial charge is 0.394 e. The summed E-state index contributed by atoms with van der Waals surface area (Å²) in [7, 11) is 0. The minimum Gasteiger partial charge on any atom is -0.394 e. The second kappa shape index (κ2) is 14.6. The minimum absolute atomic E-state index is 0.0471. The topological polar surface area (TPSA) is 179 Å².